The van der Waals surface area contributed by atoms with Gasteiger partial charge in [-0.3, -0.25) is 14.4 Å². The van der Waals surface area contributed by atoms with Gasteiger partial charge in [-0.05, 0) is 111 Å². The number of aromatic nitrogens is 5. The van der Waals surface area contributed by atoms with Crippen LogP contribution < -0.4 is 15.5 Å². The van der Waals surface area contributed by atoms with Gasteiger partial charge >= 0.3 is 29.9 Å². The molecule has 306 valence electrons. The van der Waals surface area contributed by atoms with Crippen molar-refractivity contribution in [2.45, 2.75) is 58.1 Å². The summed E-state index contributed by atoms with van der Waals surface area (Å²) in [6.07, 6.45) is 3.41. The van der Waals surface area contributed by atoms with Crippen LogP contribution in [-0.2, 0) is 25.5 Å². The molecular formula is C40H41ClN10O8. The Bertz CT molecular complexity index is 2440. The Morgan fingerprint density at radius 1 is 0.847 bits per heavy atom. The molecule has 2 aliphatic heterocycles. The fourth-order valence-corrected chi connectivity index (χ4v) is 7.29. The fraction of sp³-hybridized carbons (Fsp3) is 0.325. The van der Waals surface area contributed by atoms with Gasteiger partial charge in [0.2, 0.25) is 5.91 Å². The van der Waals surface area contributed by atoms with E-state index in [0.29, 0.717) is 46.1 Å². The predicted octanol–water partition coefficient (Wildman–Crippen LogP) is 5.19. The van der Waals surface area contributed by atoms with Gasteiger partial charge in [0.05, 0.1) is 16.9 Å². The summed E-state index contributed by atoms with van der Waals surface area (Å²) in [6.45, 7) is 6.29. The Balaban J connectivity index is 1.17. The lowest BCUT2D eigenvalue weighted by Crippen LogP contribution is -2.60. The largest absolute Gasteiger partial charge is 0.477 e. The fourth-order valence-electron chi connectivity index (χ4n) is 7.13. The van der Waals surface area contributed by atoms with E-state index >= 15 is 0 Å². The van der Waals surface area contributed by atoms with Gasteiger partial charge in [-0.25, -0.2) is 19.0 Å². The van der Waals surface area contributed by atoms with Gasteiger partial charge in [-0.15, -0.1) is 5.10 Å². The molecule has 0 bridgehead atoms. The van der Waals surface area contributed by atoms with E-state index in [1.807, 2.05) is 0 Å². The number of rotatable bonds is 9. The lowest BCUT2D eigenvalue weighted by Gasteiger charge is -2.38. The molecule has 3 aromatic carbocycles. The lowest BCUT2D eigenvalue weighted by molar-refractivity contribution is -0.149. The number of tetrazole rings is 1. The Morgan fingerprint density at radius 2 is 1.58 bits per heavy atom. The number of anilines is 3. The predicted molar refractivity (Wildman–Crippen MR) is 216 cm³/mol. The molecule has 18 nitrogen and oxygen atoms in total. The maximum Gasteiger partial charge on any atom is 0.419 e. The van der Waals surface area contributed by atoms with E-state index in [4.69, 9.17) is 16.3 Å². The number of nitrogens with one attached hydrogen (secondary N) is 2. The summed E-state index contributed by atoms with van der Waals surface area (Å²) in [5.74, 6) is -3.85. The highest BCUT2D eigenvalue weighted by molar-refractivity contribution is 6.41. The van der Waals surface area contributed by atoms with Crippen LogP contribution in [0.3, 0.4) is 0 Å². The van der Waals surface area contributed by atoms with Crippen LogP contribution in [0.5, 0.6) is 0 Å². The Hall–Kier alpha value is -6.82. The van der Waals surface area contributed by atoms with Crippen molar-refractivity contribution in [2.75, 3.05) is 41.7 Å². The third kappa shape index (κ3) is 8.86. The molecule has 19 heteroatoms. The molecule has 1 unspecified atom stereocenters. The molecule has 59 heavy (non-hydrogen) atoms. The first-order chi connectivity index (χ1) is 28.2. The van der Waals surface area contributed by atoms with E-state index < -0.39 is 41.4 Å². The quantitative estimate of drug-likeness (QED) is 0.164. The molecule has 2 aliphatic rings. The Kier molecular flexibility index (Phi) is 11.3. The number of carbonyl (C=O) groups is 6. The number of carboxylic acid groups (broad SMARTS) is 1. The van der Waals surface area contributed by atoms with Gasteiger partial charge in [0.25, 0.3) is 0 Å². The summed E-state index contributed by atoms with van der Waals surface area (Å²) in [6, 6.07) is 16.0. The van der Waals surface area contributed by atoms with Gasteiger partial charge in [0.15, 0.2) is 0 Å². The van der Waals surface area contributed by atoms with E-state index in [-0.39, 0.29) is 42.4 Å². The van der Waals surface area contributed by atoms with Gasteiger partial charge < -0.3 is 35.2 Å². The monoisotopic (exact) mass is 824 g/mol. The number of hydrogen-bond donors (Lipinski definition) is 3. The number of benzene rings is 3. The zero-order valence-corrected chi connectivity index (χ0v) is 33.2. The first-order valence-corrected chi connectivity index (χ1v) is 19.3. The van der Waals surface area contributed by atoms with E-state index in [1.54, 1.807) is 62.1 Å². The van der Waals surface area contributed by atoms with Gasteiger partial charge in [-0.2, -0.15) is 4.68 Å². The maximum atomic E-state index is 14.3. The molecule has 0 radical (unpaired) electrons. The molecule has 4 heterocycles. The van der Waals surface area contributed by atoms with Crippen molar-refractivity contribution < 1.29 is 38.6 Å². The van der Waals surface area contributed by atoms with Crippen molar-refractivity contribution in [1.29, 1.82) is 0 Å². The number of ether oxygens (including phenoxy) is 1. The van der Waals surface area contributed by atoms with Crippen LogP contribution in [-0.4, -0.2) is 113 Å². The summed E-state index contributed by atoms with van der Waals surface area (Å²) in [5, 5.41) is 27.5. The summed E-state index contributed by atoms with van der Waals surface area (Å²) in [4.78, 5) is 84.6. The number of carboxylic acids is 1. The van der Waals surface area contributed by atoms with Crippen molar-refractivity contribution in [3.8, 4) is 5.69 Å². The van der Waals surface area contributed by atoms with Crippen molar-refractivity contribution in [2.24, 2.45) is 0 Å². The average Bonchev–Trinajstić information content (AvgIpc) is 3.88. The zero-order valence-electron chi connectivity index (χ0n) is 32.4. The number of piperazine rings is 1. The second-order valence-electron chi connectivity index (χ2n) is 15.2. The number of piperidine rings is 1. The van der Waals surface area contributed by atoms with Crippen LogP contribution in [0.15, 0.2) is 73.1 Å². The number of urea groups is 1. The maximum absolute atomic E-state index is 14.3. The van der Waals surface area contributed by atoms with E-state index in [0.717, 1.165) is 23.8 Å². The van der Waals surface area contributed by atoms with Crippen molar-refractivity contribution in [3.63, 3.8) is 0 Å². The van der Waals surface area contributed by atoms with E-state index in [2.05, 4.69) is 26.2 Å². The molecule has 0 spiro atoms. The van der Waals surface area contributed by atoms with Crippen molar-refractivity contribution in [3.05, 3.63) is 89.3 Å². The number of aromatic carboxylic acids is 1. The van der Waals surface area contributed by atoms with Gasteiger partial charge in [0.1, 0.15) is 23.7 Å². The first kappa shape index (κ1) is 40.4. The van der Waals surface area contributed by atoms with Gasteiger partial charge in [0, 0.05) is 54.4 Å². The molecule has 1 atom stereocenters. The molecule has 0 saturated carbocycles. The molecule has 3 N–H and O–H groups in total. The van der Waals surface area contributed by atoms with Crippen LogP contribution in [0.4, 0.5) is 26.7 Å². The second kappa shape index (κ2) is 16.6. The lowest BCUT2D eigenvalue weighted by atomic mass is 10.0. The molecule has 2 saturated heterocycles. The number of likely N-dealkylation sites (tertiary alicyclic amines) is 1. The number of fused-ring (bicyclic) bond motifs is 1. The molecule has 5 amide bonds. The molecule has 2 aromatic heterocycles. The molecule has 7 rings (SSSR count). The average molecular weight is 825 g/mol. The minimum absolute atomic E-state index is 0.00655. The second-order valence-corrected chi connectivity index (χ2v) is 15.6. The molecular weight excluding hydrogens is 784 g/mol. The highest BCUT2D eigenvalue weighted by Crippen LogP contribution is 2.31. The summed E-state index contributed by atoms with van der Waals surface area (Å²) in [5.41, 5.74) is 1.12. The van der Waals surface area contributed by atoms with Crippen molar-refractivity contribution >= 4 is 75.4 Å². The minimum atomic E-state index is -1.36. The van der Waals surface area contributed by atoms with Crippen LogP contribution in [0.2, 0.25) is 5.02 Å². The standard InChI is InChI=1S/C40H41ClN10O8/c1-40(2,3)59-39(58)51-29-14-12-28(20-25(29)21-33(51)37(55)56)43-34(52)32(19-24-7-10-27(11-8-24)44-38(57)47-15-5-4-6-16-47)49-18-17-48(35(53)36(49)54)31-22-26(41)9-13-30(31)50-23-42-45-46-50/h7-14,20-23,32H,4-6,15-19H2,1-3H3,(H,43,52)(H,44,57)(H,55,56). The van der Waals surface area contributed by atoms with E-state index in [1.165, 1.54) is 51.1 Å². The number of halogens is 1. The highest BCUT2D eigenvalue weighted by Gasteiger charge is 2.41. The number of amides is 5. The molecule has 2 fully saturated rings. The summed E-state index contributed by atoms with van der Waals surface area (Å²) < 4.78 is 7.74. The normalized spacial score (nSPS) is 15.3. The molecule has 0 aliphatic carbocycles. The minimum Gasteiger partial charge on any atom is -0.477 e. The van der Waals surface area contributed by atoms with Crippen molar-refractivity contribution in [1.82, 2.24) is 34.6 Å². The summed E-state index contributed by atoms with van der Waals surface area (Å²) >= 11 is 6.32. The SMILES string of the molecule is CC(C)(C)OC(=O)n1c(C(=O)O)cc2cc(NC(=O)C(Cc3ccc(NC(=O)N4CCCCC4)cc3)N3CCN(c4cc(Cl)ccc4-n4cnnn4)C(=O)C3=O)ccc21. The highest BCUT2D eigenvalue weighted by atomic mass is 35.5. The van der Waals surface area contributed by atoms with Crippen LogP contribution in [0.1, 0.15) is 56.1 Å². The third-order valence-corrected chi connectivity index (χ3v) is 10.1. The van der Waals surface area contributed by atoms with Crippen LogP contribution in [0.25, 0.3) is 16.6 Å². The Morgan fingerprint density at radius 3 is 2.25 bits per heavy atom. The Labute approximate surface area is 342 Å². The topological polar surface area (TPSA) is 214 Å². The van der Waals surface area contributed by atoms with Crippen LogP contribution in [0, 0.1) is 0 Å². The number of nitrogens with zero attached hydrogens (tertiary/aromatic N) is 8. The van der Waals surface area contributed by atoms with E-state index in [9.17, 15) is 33.9 Å². The third-order valence-electron chi connectivity index (χ3n) is 9.90. The number of carbonyl (C=O) groups excluding carboxylic acids is 5. The molecule has 5 aromatic rings. The van der Waals surface area contributed by atoms with Gasteiger partial charge in [-0.1, -0.05) is 23.7 Å². The zero-order chi connectivity index (χ0) is 42.0. The number of hydrogen-bond acceptors (Lipinski definition) is 10. The van der Waals surface area contributed by atoms with Crippen LogP contribution >= 0.6 is 11.6 Å². The summed E-state index contributed by atoms with van der Waals surface area (Å²) in [7, 11) is 0. The smallest absolute Gasteiger partial charge is 0.419 e. The first-order valence-electron chi connectivity index (χ1n) is 18.9.